The zero-order valence-corrected chi connectivity index (χ0v) is 15.2. The maximum Gasteiger partial charge on any atom is 0.108 e. The molecular weight excluding hydrogens is 292 g/mol. The van der Waals surface area contributed by atoms with Crippen molar-refractivity contribution in [3.05, 3.63) is 71.8 Å². The van der Waals surface area contributed by atoms with Crippen molar-refractivity contribution in [3.63, 3.8) is 0 Å². The van der Waals surface area contributed by atoms with Gasteiger partial charge in [0.1, 0.15) is 6.10 Å². The van der Waals surface area contributed by atoms with E-state index in [1.165, 1.54) is 30.4 Å². The summed E-state index contributed by atoms with van der Waals surface area (Å²) in [6.07, 6.45) is 4.19. The summed E-state index contributed by atoms with van der Waals surface area (Å²) in [5.74, 6) is 2.10. The Morgan fingerprint density at radius 1 is 0.833 bits per heavy atom. The predicted molar refractivity (Wildman–Crippen MR) is 101 cm³/mol. The Kier molecular flexibility index (Phi) is 5.73. The zero-order valence-electron chi connectivity index (χ0n) is 15.2. The Balaban J connectivity index is 1.88. The fraction of sp³-hybridized carbons (Fsp3) is 0.478. The monoisotopic (exact) mass is 322 g/mol. The van der Waals surface area contributed by atoms with E-state index in [-0.39, 0.29) is 6.10 Å². The van der Waals surface area contributed by atoms with E-state index < -0.39 is 0 Å². The maximum absolute atomic E-state index is 6.81. The minimum atomic E-state index is 0.0314. The van der Waals surface area contributed by atoms with Gasteiger partial charge in [0.25, 0.3) is 0 Å². The summed E-state index contributed by atoms with van der Waals surface area (Å²) in [5.41, 5.74) is 2.51. The average Bonchev–Trinajstić information content (AvgIpc) is 2.61. The third kappa shape index (κ3) is 4.08. The van der Waals surface area contributed by atoms with Crippen LogP contribution in [0.25, 0.3) is 0 Å². The molecule has 0 N–H and O–H groups in total. The molecule has 2 aromatic rings. The molecule has 1 heteroatoms. The highest BCUT2D eigenvalue weighted by Crippen LogP contribution is 2.39. The summed E-state index contributed by atoms with van der Waals surface area (Å²) in [4.78, 5) is 0. The van der Waals surface area contributed by atoms with E-state index in [1.807, 2.05) is 0 Å². The molecule has 0 bridgehead atoms. The third-order valence-corrected chi connectivity index (χ3v) is 5.48. The van der Waals surface area contributed by atoms with Crippen LogP contribution in [0, 0.1) is 17.8 Å². The van der Waals surface area contributed by atoms with Crippen LogP contribution in [0.2, 0.25) is 0 Å². The summed E-state index contributed by atoms with van der Waals surface area (Å²) in [6.45, 7) is 7.06. The van der Waals surface area contributed by atoms with E-state index >= 15 is 0 Å². The maximum atomic E-state index is 6.81. The summed E-state index contributed by atoms with van der Waals surface area (Å²) < 4.78 is 6.81. The number of benzene rings is 2. The molecule has 0 radical (unpaired) electrons. The second-order valence-corrected chi connectivity index (χ2v) is 7.70. The van der Waals surface area contributed by atoms with Crippen LogP contribution >= 0.6 is 0 Å². The van der Waals surface area contributed by atoms with Crippen LogP contribution in [0.1, 0.15) is 57.3 Å². The van der Waals surface area contributed by atoms with Crippen molar-refractivity contribution >= 4 is 0 Å². The topological polar surface area (TPSA) is 9.23 Å². The van der Waals surface area contributed by atoms with Crippen LogP contribution in [0.4, 0.5) is 0 Å². The minimum absolute atomic E-state index is 0.0314. The lowest BCUT2D eigenvalue weighted by molar-refractivity contribution is -0.0678. The summed E-state index contributed by atoms with van der Waals surface area (Å²) in [7, 11) is 0. The summed E-state index contributed by atoms with van der Waals surface area (Å²) in [5, 5.41) is 0. The van der Waals surface area contributed by atoms with Crippen LogP contribution < -0.4 is 0 Å². The fourth-order valence-corrected chi connectivity index (χ4v) is 4.05. The zero-order chi connectivity index (χ0) is 16.9. The first-order valence-corrected chi connectivity index (χ1v) is 9.40. The van der Waals surface area contributed by atoms with Crippen molar-refractivity contribution in [3.8, 4) is 0 Å². The molecule has 1 nitrogen and oxygen atoms in total. The van der Waals surface area contributed by atoms with Crippen molar-refractivity contribution in [2.45, 2.75) is 52.2 Å². The molecule has 24 heavy (non-hydrogen) atoms. The van der Waals surface area contributed by atoms with Gasteiger partial charge in [-0.3, -0.25) is 0 Å². The minimum Gasteiger partial charge on any atom is -0.365 e. The van der Waals surface area contributed by atoms with Crippen LogP contribution in [-0.4, -0.2) is 6.10 Å². The molecule has 1 aliphatic carbocycles. The molecule has 0 amide bonds. The molecule has 0 heterocycles. The number of rotatable bonds is 5. The smallest absolute Gasteiger partial charge is 0.108 e. The van der Waals surface area contributed by atoms with Gasteiger partial charge in [-0.2, -0.15) is 0 Å². The second-order valence-electron chi connectivity index (χ2n) is 7.70. The molecule has 1 fully saturated rings. The SMILES string of the molecule is CC(C)[C@@H]1CC[C@@H](C)C[C@H]1OC(c1ccccc1)c1ccccc1. The van der Waals surface area contributed by atoms with E-state index in [0.717, 1.165) is 5.92 Å². The van der Waals surface area contributed by atoms with Gasteiger partial charge >= 0.3 is 0 Å². The Morgan fingerprint density at radius 3 is 1.88 bits per heavy atom. The molecule has 0 aromatic heterocycles. The first-order valence-electron chi connectivity index (χ1n) is 9.40. The quantitative estimate of drug-likeness (QED) is 0.632. The third-order valence-electron chi connectivity index (χ3n) is 5.48. The van der Waals surface area contributed by atoms with E-state index in [4.69, 9.17) is 4.74 Å². The van der Waals surface area contributed by atoms with Gasteiger partial charge in [-0.25, -0.2) is 0 Å². The molecule has 128 valence electrons. The Labute approximate surface area is 147 Å². The molecule has 2 aromatic carbocycles. The highest BCUT2D eigenvalue weighted by Gasteiger charge is 2.33. The lowest BCUT2D eigenvalue weighted by Gasteiger charge is -2.39. The van der Waals surface area contributed by atoms with E-state index in [9.17, 15) is 0 Å². The van der Waals surface area contributed by atoms with Crippen LogP contribution in [-0.2, 0) is 4.74 Å². The standard InChI is InChI=1S/C23H30O/c1-17(2)21-15-14-18(3)16-22(21)24-23(19-10-6-4-7-11-19)20-12-8-5-9-13-20/h4-13,17-18,21-23H,14-16H2,1-3H3/t18-,21+,22-/m1/s1. The van der Waals surface area contributed by atoms with Gasteiger partial charge in [-0.05, 0) is 41.7 Å². The first-order chi connectivity index (χ1) is 11.6. The molecule has 3 atom stereocenters. The van der Waals surface area contributed by atoms with Gasteiger partial charge in [-0.15, -0.1) is 0 Å². The lowest BCUT2D eigenvalue weighted by atomic mass is 9.75. The molecular formula is C23H30O. The number of hydrogen-bond donors (Lipinski definition) is 0. The van der Waals surface area contributed by atoms with Gasteiger partial charge < -0.3 is 4.74 Å². The molecule has 0 saturated heterocycles. The summed E-state index contributed by atoms with van der Waals surface area (Å²) >= 11 is 0. The highest BCUT2D eigenvalue weighted by atomic mass is 16.5. The van der Waals surface area contributed by atoms with Crippen molar-refractivity contribution < 1.29 is 4.74 Å². The van der Waals surface area contributed by atoms with Gasteiger partial charge in [0.2, 0.25) is 0 Å². The van der Waals surface area contributed by atoms with Crippen LogP contribution in [0.5, 0.6) is 0 Å². The Morgan fingerprint density at radius 2 is 1.38 bits per heavy atom. The highest BCUT2D eigenvalue weighted by molar-refractivity contribution is 5.30. The van der Waals surface area contributed by atoms with E-state index in [1.54, 1.807) is 0 Å². The lowest BCUT2D eigenvalue weighted by Crippen LogP contribution is -2.35. The van der Waals surface area contributed by atoms with Gasteiger partial charge in [0.15, 0.2) is 0 Å². The van der Waals surface area contributed by atoms with E-state index in [2.05, 4.69) is 81.4 Å². The van der Waals surface area contributed by atoms with E-state index in [0.29, 0.717) is 17.9 Å². The molecule has 3 rings (SSSR count). The Bertz CT molecular complexity index is 565. The van der Waals surface area contributed by atoms with Crippen molar-refractivity contribution in [2.24, 2.45) is 17.8 Å². The molecule has 0 spiro atoms. The van der Waals surface area contributed by atoms with Gasteiger partial charge in [-0.1, -0.05) is 87.9 Å². The van der Waals surface area contributed by atoms with Crippen LogP contribution in [0.3, 0.4) is 0 Å². The second kappa shape index (κ2) is 7.98. The van der Waals surface area contributed by atoms with Gasteiger partial charge in [0, 0.05) is 0 Å². The predicted octanol–water partition coefficient (Wildman–Crippen LogP) is 6.25. The largest absolute Gasteiger partial charge is 0.365 e. The molecule has 1 aliphatic rings. The first kappa shape index (κ1) is 17.2. The van der Waals surface area contributed by atoms with Crippen molar-refractivity contribution in [1.82, 2.24) is 0 Å². The summed E-state index contributed by atoms with van der Waals surface area (Å²) in [6, 6.07) is 21.3. The Hall–Kier alpha value is -1.60. The van der Waals surface area contributed by atoms with Crippen molar-refractivity contribution in [2.75, 3.05) is 0 Å². The normalized spacial score (nSPS) is 24.5. The molecule has 1 saturated carbocycles. The number of hydrogen-bond acceptors (Lipinski definition) is 1. The fourth-order valence-electron chi connectivity index (χ4n) is 4.05. The van der Waals surface area contributed by atoms with Crippen molar-refractivity contribution in [1.29, 1.82) is 0 Å². The molecule has 0 unspecified atom stereocenters. The average molecular weight is 322 g/mol. The van der Waals surface area contributed by atoms with Crippen LogP contribution in [0.15, 0.2) is 60.7 Å². The molecule has 0 aliphatic heterocycles. The number of ether oxygens (including phenoxy) is 1. The van der Waals surface area contributed by atoms with Gasteiger partial charge in [0.05, 0.1) is 6.10 Å².